The normalized spacial score (nSPS) is 11.5. The molecule has 0 unspecified atom stereocenters. The van der Waals surface area contributed by atoms with E-state index >= 15 is 0 Å². The van der Waals surface area contributed by atoms with Crippen molar-refractivity contribution in [2.24, 2.45) is 0 Å². The molecule has 0 rings (SSSR count). The zero-order chi connectivity index (χ0) is 14.1. The maximum absolute atomic E-state index is 10.3. The van der Waals surface area contributed by atoms with Gasteiger partial charge in [-0.1, -0.05) is 0 Å². The van der Waals surface area contributed by atoms with Crippen LogP contribution in [0.5, 0.6) is 0 Å². The maximum Gasteiger partial charge on any atom is 0.319 e. The number of hydrogen-bond donors (Lipinski definition) is 4. The molecule has 0 radical (unpaired) electrons. The van der Waals surface area contributed by atoms with Crippen LogP contribution in [0.3, 0.4) is 0 Å². The minimum Gasteiger partial charge on any atom is -0.412 e. The van der Waals surface area contributed by atoms with Crippen molar-refractivity contribution in [2.75, 3.05) is 37.7 Å². The fraction of sp³-hybridized carbons (Fsp3) is 1.00. The van der Waals surface area contributed by atoms with Crippen LogP contribution in [0.1, 0.15) is 0 Å². The van der Waals surface area contributed by atoms with E-state index in [9.17, 15) is 16.8 Å². The first-order valence-electron chi connectivity index (χ1n) is 4.86. The van der Waals surface area contributed by atoms with Crippen molar-refractivity contribution in [1.82, 2.24) is 10.6 Å². The molecule has 126 valence electrons. The summed E-state index contributed by atoms with van der Waals surface area (Å²) in [6, 6.07) is 0. The number of nitrogens with one attached hydrogen (secondary N) is 2. The van der Waals surface area contributed by atoms with Gasteiger partial charge in [-0.2, -0.15) is 16.8 Å². The van der Waals surface area contributed by atoms with Crippen LogP contribution < -0.4 is 10.6 Å². The molecule has 0 saturated heterocycles. The lowest BCUT2D eigenvalue weighted by molar-refractivity contribution is 0.500. The van der Waals surface area contributed by atoms with Crippen LogP contribution in [-0.4, -0.2) is 74.6 Å². The Morgan fingerprint density at radius 1 is 0.700 bits per heavy atom. The summed E-state index contributed by atoms with van der Waals surface area (Å²) in [6.45, 7) is 2.04. The molecule has 20 heavy (non-hydrogen) atoms. The van der Waals surface area contributed by atoms with Crippen molar-refractivity contribution in [2.45, 2.75) is 0 Å². The molecule has 14 heteroatoms. The topological polar surface area (TPSA) is 196 Å². The molecule has 0 aromatic heterocycles. The Balaban J connectivity index is -0.00000144. The van der Waals surface area contributed by atoms with Gasteiger partial charge in [0.2, 0.25) is 0 Å². The molecule has 0 amide bonds. The Hall–Kier alpha value is 0.360. The summed E-state index contributed by atoms with van der Waals surface area (Å²) in [7, 11) is -7.02. The highest BCUT2D eigenvalue weighted by molar-refractivity contribution is 8.70. The van der Waals surface area contributed by atoms with Crippen LogP contribution >= 0.6 is 21.6 Å². The molecular formula is C6H20N2O8S4. The molecular weight excluding hydrogens is 356 g/mol. The second-order valence-electron chi connectivity index (χ2n) is 3.00. The zero-order valence-electron chi connectivity index (χ0n) is 10.4. The van der Waals surface area contributed by atoms with Gasteiger partial charge in [0.15, 0.2) is 0 Å². The number of hydrogen-bond acceptors (Lipinski definition) is 8. The molecule has 0 atom stereocenters. The van der Waals surface area contributed by atoms with Crippen molar-refractivity contribution in [3.8, 4) is 0 Å². The number of rotatable bonds is 11. The second kappa shape index (κ2) is 13.1. The lowest BCUT2D eigenvalue weighted by atomic mass is 10.5. The van der Waals surface area contributed by atoms with Crippen molar-refractivity contribution in [1.29, 1.82) is 0 Å². The molecule has 0 heterocycles. The van der Waals surface area contributed by atoms with E-state index in [1.54, 1.807) is 0 Å². The van der Waals surface area contributed by atoms with Gasteiger partial charge in [0, 0.05) is 37.7 Å². The molecule has 10 nitrogen and oxygen atoms in total. The molecule has 0 saturated carbocycles. The highest BCUT2D eigenvalue weighted by atomic mass is 33.2. The summed E-state index contributed by atoms with van der Waals surface area (Å²) in [5, 5.41) is 5.86. The van der Waals surface area contributed by atoms with E-state index in [4.69, 9.17) is 9.11 Å². The van der Waals surface area contributed by atoms with E-state index in [0.29, 0.717) is 47.8 Å². The van der Waals surface area contributed by atoms with Gasteiger partial charge >= 0.3 is 18.3 Å². The lowest BCUT2D eigenvalue weighted by Gasteiger charge is -2.05. The Morgan fingerprint density at radius 3 is 1.25 bits per heavy atom. The van der Waals surface area contributed by atoms with Crippen LogP contribution in [0.4, 0.5) is 0 Å². The van der Waals surface area contributed by atoms with Crippen molar-refractivity contribution < 1.29 is 36.9 Å². The summed E-state index contributed by atoms with van der Waals surface area (Å²) in [6.07, 6.45) is 0. The molecule has 0 fully saturated rings. The maximum atomic E-state index is 10.3. The van der Waals surface area contributed by atoms with Gasteiger partial charge in [-0.3, -0.25) is 9.11 Å². The molecule has 0 aromatic carbocycles. The molecule has 0 aromatic rings. The first-order chi connectivity index (χ1) is 8.21. The van der Waals surface area contributed by atoms with E-state index in [0.717, 1.165) is 0 Å². The van der Waals surface area contributed by atoms with E-state index in [-0.39, 0.29) is 22.5 Å². The third kappa shape index (κ3) is 23.5. The van der Waals surface area contributed by atoms with Crippen LogP contribution in [0.15, 0.2) is 0 Å². The van der Waals surface area contributed by atoms with Crippen molar-refractivity contribution in [3.63, 3.8) is 0 Å². The van der Waals surface area contributed by atoms with Crippen LogP contribution in [-0.2, 0) is 18.3 Å². The molecule has 0 aliphatic rings. The predicted octanol–water partition coefficient (Wildman–Crippen LogP) is -2.41. The Morgan fingerprint density at radius 2 is 1.00 bits per heavy atom. The predicted molar refractivity (Wildman–Crippen MR) is 81.0 cm³/mol. The monoisotopic (exact) mass is 376 g/mol. The Labute approximate surface area is 125 Å². The first-order valence-corrected chi connectivity index (χ1v) is 10.7. The zero-order valence-corrected chi connectivity index (χ0v) is 13.7. The lowest BCUT2D eigenvalue weighted by Crippen LogP contribution is -2.30. The van der Waals surface area contributed by atoms with Gasteiger partial charge < -0.3 is 21.6 Å². The fourth-order valence-electron chi connectivity index (χ4n) is 0.865. The van der Waals surface area contributed by atoms with Gasteiger partial charge in [-0.15, -0.1) is 0 Å². The molecule has 0 spiro atoms. The van der Waals surface area contributed by atoms with Gasteiger partial charge in [0.1, 0.15) is 0 Å². The molecule has 0 aliphatic heterocycles. The largest absolute Gasteiger partial charge is 0.412 e. The average Bonchev–Trinajstić information content (AvgIpc) is 2.17. The highest BCUT2D eigenvalue weighted by Crippen LogP contribution is 2.07. The van der Waals surface area contributed by atoms with Crippen LogP contribution in [0.2, 0.25) is 0 Å². The summed E-state index contributed by atoms with van der Waals surface area (Å²) >= 11 is 0. The Kier molecular flexibility index (Phi) is 16.5. The second-order valence-corrected chi connectivity index (χ2v) is 9.94. The molecule has 0 aliphatic carbocycles. The molecule has 0 bridgehead atoms. The third-order valence-electron chi connectivity index (χ3n) is 1.50. The fourth-order valence-corrected chi connectivity index (χ4v) is 3.51. The van der Waals surface area contributed by atoms with E-state index < -0.39 is 18.3 Å². The van der Waals surface area contributed by atoms with Gasteiger partial charge in [0.25, 0.3) is 0 Å². The average molecular weight is 377 g/mol. The highest BCUT2D eigenvalue weighted by Gasteiger charge is 2.04. The summed E-state index contributed by atoms with van der Waals surface area (Å²) in [5.74, 6) is 0.495. The minimum atomic E-state index is -3.97. The summed E-state index contributed by atoms with van der Waals surface area (Å²) in [4.78, 5) is 0. The van der Waals surface area contributed by atoms with Crippen LogP contribution in [0.25, 0.3) is 0 Å². The third-order valence-corrected chi connectivity index (χ3v) is 5.63. The SMILES string of the molecule is O.O.O=S(=O)(O)SCCNCCNCCSS(=O)(=O)O. The van der Waals surface area contributed by atoms with E-state index in [2.05, 4.69) is 10.6 Å². The van der Waals surface area contributed by atoms with Crippen molar-refractivity contribution in [3.05, 3.63) is 0 Å². The summed E-state index contributed by atoms with van der Waals surface area (Å²) in [5.41, 5.74) is 0. The van der Waals surface area contributed by atoms with Crippen molar-refractivity contribution >= 4 is 39.9 Å². The van der Waals surface area contributed by atoms with Gasteiger partial charge in [-0.25, -0.2) is 0 Å². The van der Waals surface area contributed by atoms with Gasteiger partial charge in [0.05, 0.1) is 0 Å². The van der Waals surface area contributed by atoms with E-state index in [1.807, 2.05) is 0 Å². The summed E-state index contributed by atoms with van der Waals surface area (Å²) < 4.78 is 58.1. The van der Waals surface area contributed by atoms with Crippen LogP contribution in [0, 0.1) is 0 Å². The first kappa shape index (κ1) is 25.3. The van der Waals surface area contributed by atoms with E-state index in [1.165, 1.54) is 0 Å². The quantitative estimate of drug-likeness (QED) is 0.171. The Bertz CT molecular complexity index is 371. The minimum absolute atomic E-state index is 0. The standard InChI is InChI=1S/C6H16N2O6S4.2H2O/c9-17(10,11)15-5-3-7-1-2-8-4-6-16-18(12,13)14;;/h7-8H,1-6H2,(H,9,10,11)(H,12,13,14);2*1H2. The van der Waals surface area contributed by atoms with Gasteiger partial charge in [-0.05, 0) is 21.6 Å². The molecule has 8 N–H and O–H groups in total. The smallest absolute Gasteiger partial charge is 0.319 e.